The Morgan fingerprint density at radius 3 is 2.66 bits per heavy atom. The van der Waals surface area contributed by atoms with Gasteiger partial charge in [-0.15, -0.1) is 11.3 Å². The molecule has 29 heavy (non-hydrogen) atoms. The first kappa shape index (κ1) is 19.3. The zero-order valence-corrected chi connectivity index (χ0v) is 16.4. The van der Waals surface area contributed by atoms with E-state index in [1.165, 1.54) is 22.0 Å². The molecule has 0 saturated carbocycles. The van der Waals surface area contributed by atoms with Gasteiger partial charge in [-0.2, -0.15) is 0 Å². The predicted molar refractivity (Wildman–Crippen MR) is 111 cm³/mol. The van der Waals surface area contributed by atoms with Crippen LogP contribution >= 0.6 is 23.1 Å². The third-order valence-electron chi connectivity index (χ3n) is 4.00. The molecule has 1 amide bonds. The molecule has 0 atom stereocenters. The molecular weight excluding hydrogens is 416 g/mol. The van der Waals surface area contributed by atoms with Crippen LogP contribution in [0.15, 0.2) is 69.9 Å². The van der Waals surface area contributed by atoms with Gasteiger partial charge in [0.2, 0.25) is 5.91 Å². The molecule has 0 bridgehead atoms. The maximum atomic E-state index is 13.3. The van der Waals surface area contributed by atoms with Crippen molar-refractivity contribution in [1.29, 1.82) is 0 Å². The Hall–Kier alpha value is -3.04. The standard InChI is InChI=1S/C20H13F2N3O2S2/c21-14-7-6-12(10-15(14)22)23-17(26)11-29-20-24-16-8-9-28-18(16)19(27)25(20)13-4-2-1-3-5-13/h1-10H,11H2,(H,23,26). The second kappa shape index (κ2) is 8.14. The van der Waals surface area contributed by atoms with E-state index in [1.54, 1.807) is 23.6 Å². The number of thioether (sulfide) groups is 1. The van der Waals surface area contributed by atoms with Crippen LogP contribution in [-0.4, -0.2) is 21.2 Å². The monoisotopic (exact) mass is 429 g/mol. The van der Waals surface area contributed by atoms with E-state index in [0.29, 0.717) is 21.1 Å². The Labute approximate surface area is 172 Å². The first-order valence-corrected chi connectivity index (χ1v) is 10.3. The summed E-state index contributed by atoms with van der Waals surface area (Å²) in [5, 5.41) is 4.67. The van der Waals surface area contributed by atoms with Crippen LogP contribution in [0.5, 0.6) is 0 Å². The number of carbonyl (C=O) groups is 1. The van der Waals surface area contributed by atoms with Crippen LogP contribution in [0.4, 0.5) is 14.5 Å². The third-order valence-corrected chi connectivity index (χ3v) is 5.83. The van der Waals surface area contributed by atoms with Crippen molar-refractivity contribution in [3.8, 4) is 5.69 Å². The summed E-state index contributed by atoms with van der Waals surface area (Å²) < 4.78 is 28.3. The van der Waals surface area contributed by atoms with Crippen molar-refractivity contribution < 1.29 is 13.6 Å². The third kappa shape index (κ3) is 4.06. The quantitative estimate of drug-likeness (QED) is 0.376. The number of rotatable bonds is 5. The number of anilines is 1. The largest absolute Gasteiger partial charge is 0.325 e. The molecular formula is C20H13F2N3O2S2. The van der Waals surface area contributed by atoms with Gasteiger partial charge in [-0.25, -0.2) is 13.8 Å². The lowest BCUT2D eigenvalue weighted by atomic mass is 10.3. The molecule has 2 heterocycles. The summed E-state index contributed by atoms with van der Waals surface area (Å²) in [6.45, 7) is 0. The van der Waals surface area contributed by atoms with Crippen molar-refractivity contribution in [2.24, 2.45) is 0 Å². The number of halogens is 2. The number of para-hydroxylation sites is 1. The number of benzene rings is 2. The van der Waals surface area contributed by atoms with Crippen LogP contribution < -0.4 is 10.9 Å². The number of hydrogen-bond donors (Lipinski definition) is 1. The van der Waals surface area contributed by atoms with E-state index in [0.717, 1.165) is 23.9 Å². The molecule has 0 aliphatic carbocycles. The number of amides is 1. The highest BCUT2D eigenvalue weighted by atomic mass is 32.2. The minimum absolute atomic E-state index is 0.0616. The molecule has 0 saturated heterocycles. The minimum atomic E-state index is -1.04. The summed E-state index contributed by atoms with van der Waals surface area (Å²) in [7, 11) is 0. The van der Waals surface area contributed by atoms with Crippen molar-refractivity contribution in [2.75, 3.05) is 11.1 Å². The van der Waals surface area contributed by atoms with Gasteiger partial charge in [0, 0.05) is 11.8 Å². The van der Waals surface area contributed by atoms with Crippen LogP contribution in [0, 0.1) is 11.6 Å². The summed E-state index contributed by atoms with van der Waals surface area (Å²) in [6, 6.07) is 13.9. The Morgan fingerprint density at radius 1 is 1.10 bits per heavy atom. The van der Waals surface area contributed by atoms with E-state index in [-0.39, 0.29) is 17.0 Å². The van der Waals surface area contributed by atoms with Crippen LogP contribution in [0.3, 0.4) is 0 Å². The Balaban J connectivity index is 1.61. The van der Waals surface area contributed by atoms with E-state index in [2.05, 4.69) is 10.3 Å². The zero-order chi connectivity index (χ0) is 20.4. The van der Waals surface area contributed by atoms with Gasteiger partial charge in [0.15, 0.2) is 16.8 Å². The van der Waals surface area contributed by atoms with Crippen molar-refractivity contribution in [1.82, 2.24) is 9.55 Å². The highest BCUT2D eigenvalue weighted by Gasteiger charge is 2.16. The van der Waals surface area contributed by atoms with Gasteiger partial charge in [-0.1, -0.05) is 30.0 Å². The van der Waals surface area contributed by atoms with Crippen LogP contribution in [0.2, 0.25) is 0 Å². The van der Waals surface area contributed by atoms with Gasteiger partial charge >= 0.3 is 0 Å². The average molecular weight is 429 g/mol. The molecule has 1 N–H and O–H groups in total. The molecule has 4 aromatic rings. The molecule has 0 unspecified atom stereocenters. The number of nitrogens with zero attached hydrogens (tertiary/aromatic N) is 2. The molecule has 0 fully saturated rings. The average Bonchev–Trinajstić information content (AvgIpc) is 3.19. The fourth-order valence-corrected chi connectivity index (χ4v) is 4.27. The van der Waals surface area contributed by atoms with E-state index in [4.69, 9.17) is 0 Å². The van der Waals surface area contributed by atoms with E-state index < -0.39 is 17.5 Å². The van der Waals surface area contributed by atoms with E-state index >= 15 is 0 Å². The SMILES string of the molecule is O=C(CSc1nc2ccsc2c(=O)n1-c1ccccc1)Nc1ccc(F)c(F)c1. The number of thiophene rings is 1. The lowest BCUT2D eigenvalue weighted by molar-refractivity contribution is -0.113. The van der Waals surface area contributed by atoms with Crippen LogP contribution in [-0.2, 0) is 4.79 Å². The summed E-state index contributed by atoms with van der Waals surface area (Å²) in [5.74, 6) is -2.52. The van der Waals surface area contributed by atoms with Gasteiger partial charge in [0.05, 0.1) is 17.0 Å². The topological polar surface area (TPSA) is 64.0 Å². The highest BCUT2D eigenvalue weighted by Crippen LogP contribution is 2.24. The number of fused-ring (bicyclic) bond motifs is 1. The Morgan fingerprint density at radius 2 is 1.90 bits per heavy atom. The molecule has 9 heteroatoms. The summed E-state index contributed by atoms with van der Waals surface area (Å²) in [5.41, 5.74) is 1.15. The molecule has 2 aromatic heterocycles. The van der Waals surface area contributed by atoms with Crippen molar-refractivity contribution >= 4 is 44.9 Å². The maximum Gasteiger partial charge on any atom is 0.276 e. The molecule has 0 aliphatic heterocycles. The van der Waals surface area contributed by atoms with Crippen LogP contribution in [0.25, 0.3) is 15.9 Å². The summed E-state index contributed by atoms with van der Waals surface area (Å²) in [6.07, 6.45) is 0. The van der Waals surface area contributed by atoms with Gasteiger partial charge in [0.1, 0.15) is 4.70 Å². The lowest BCUT2D eigenvalue weighted by Crippen LogP contribution is -2.22. The minimum Gasteiger partial charge on any atom is -0.325 e. The maximum absolute atomic E-state index is 13.3. The molecule has 146 valence electrons. The normalized spacial score (nSPS) is 11.0. The first-order valence-electron chi connectivity index (χ1n) is 8.46. The van der Waals surface area contributed by atoms with Gasteiger partial charge in [-0.05, 0) is 35.7 Å². The molecule has 5 nitrogen and oxygen atoms in total. The first-order chi connectivity index (χ1) is 14.0. The fourth-order valence-electron chi connectivity index (χ4n) is 2.69. The molecule has 0 spiro atoms. The van der Waals surface area contributed by atoms with E-state index in [9.17, 15) is 18.4 Å². The summed E-state index contributed by atoms with van der Waals surface area (Å²) >= 11 is 2.40. The fraction of sp³-hybridized carbons (Fsp3) is 0.0500. The number of carbonyl (C=O) groups excluding carboxylic acids is 1. The summed E-state index contributed by atoms with van der Waals surface area (Å²) in [4.78, 5) is 29.7. The lowest BCUT2D eigenvalue weighted by Gasteiger charge is -2.12. The van der Waals surface area contributed by atoms with E-state index in [1.807, 2.05) is 18.2 Å². The zero-order valence-electron chi connectivity index (χ0n) is 14.8. The number of hydrogen-bond acceptors (Lipinski definition) is 5. The second-order valence-electron chi connectivity index (χ2n) is 5.97. The van der Waals surface area contributed by atoms with Crippen LogP contribution in [0.1, 0.15) is 0 Å². The number of aromatic nitrogens is 2. The van der Waals surface area contributed by atoms with Gasteiger partial charge < -0.3 is 5.32 Å². The Bertz CT molecular complexity index is 1260. The second-order valence-corrected chi connectivity index (χ2v) is 7.83. The van der Waals surface area contributed by atoms with Crippen molar-refractivity contribution in [3.05, 3.63) is 82.0 Å². The predicted octanol–water partition coefficient (Wildman–Crippen LogP) is 4.46. The molecule has 4 rings (SSSR count). The number of nitrogens with one attached hydrogen (secondary N) is 1. The Kier molecular flexibility index (Phi) is 5.41. The van der Waals surface area contributed by atoms with Gasteiger partial charge in [-0.3, -0.25) is 14.2 Å². The molecule has 0 radical (unpaired) electrons. The highest BCUT2D eigenvalue weighted by molar-refractivity contribution is 7.99. The molecule has 2 aromatic carbocycles. The molecule has 0 aliphatic rings. The van der Waals surface area contributed by atoms with Crippen molar-refractivity contribution in [2.45, 2.75) is 5.16 Å². The van der Waals surface area contributed by atoms with Crippen molar-refractivity contribution in [3.63, 3.8) is 0 Å². The van der Waals surface area contributed by atoms with Gasteiger partial charge in [0.25, 0.3) is 5.56 Å². The smallest absolute Gasteiger partial charge is 0.276 e.